The fraction of sp³-hybridized carbons (Fsp3) is 0.400. The SMILES string of the molecule is COC(=O)C([O-])=CS(C)(=O)=O.[Na+]. The average molecular weight is 202 g/mol. The van der Waals surface area contributed by atoms with Crippen LogP contribution in [-0.4, -0.2) is 27.8 Å². The number of hydrogen-bond donors (Lipinski definition) is 0. The van der Waals surface area contributed by atoms with E-state index in [0.717, 1.165) is 13.4 Å². The number of ether oxygens (including phenoxy) is 1. The number of carbonyl (C=O) groups is 1. The summed E-state index contributed by atoms with van der Waals surface area (Å²) in [5, 5.41) is 10.8. The number of hydrogen-bond acceptors (Lipinski definition) is 5. The van der Waals surface area contributed by atoms with Gasteiger partial charge in [-0.15, -0.1) is 0 Å². The van der Waals surface area contributed by atoms with Crippen molar-refractivity contribution in [3.05, 3.63) is 11.2 Å². The van der Waals surface area contributed by atoms with Gasteiger partial charge in [0.15, 0.2) is 9.84 Å². The van der Waals surface area contributed by atoms with Crippen molar-refractivity contribution in [3.8, 4) is 0 Å². The summed E-state index contributed by atoms with van der Waals surface area (Å²) in [5.74, 6) is -2.36. The summed E-state index contributed by atoms with van der Waals surface area (Å²) in [7, 11) is -2.56. The van der Waals surface area contributed by atoms with Gasteiger partial charge in [-0.05, 0) is 5.76 Å². The van der Waals surface area contributed by atoms with E-state index in [0.29, 0.717) is 5.41 Å². The Kier molecular flexibility index (Phi) is 6.73. The quantitative estimate of drug-likeness (QED) is 0.195. The van der Waals surface area contributed by atoms with Gasteiger partial charge in [-0.25, -0.2) is 13.2 Å². The monoisotopic (exact) mass is 202 g/mol. The molecule has 0 bridgehead atoms. The first kappa shape index (κ1) is 14.5. The van der Waals surface area contributed by atoms with Crippen molar-refractivity contribution in [3.63, 3.8) is 0 Å². The minimum Gasteiger partial charge on any atom is -0.867 e. The smallest absolute Gasteiger partial charge is 0.867 e. The minimum atomic E-state index is -3.55. The van der Waals surface area contributed by atoms with Crippen molar-refractivity contribution in [2.75, 3.05) is 13.4 Å². The second kappa shape index (κ2) is 5.58. The van der Waals surface area contributed by atoms with Gasteiger partial charge >= 0.3 is 35.5 Å². The Morgan fingerprint density at radius 2 is 1.92 bits per heavy atom. The second-order valence-electron chi connectivity index (χ2n) is 1.80. The Labute approximate surface area is 92.6 Å². The number of esters is 1. The van der Waals surface area contributed by atoms with E-state index < -0.39 is 21.6 Å². The van der Waals surface area contributed by atoms with Crippen LogP contribution in [0.25, 0.3) is 0 Å². The predicted octanol–water partition coefficient (Wildman–Crippen LogP) is -4.59. The van der Waals surface area contributed by atoms with E-state index in [1.54, 1.807) is 0 Å². The van der Waals surface area contributed by atoms with Gasteiger partial charge in [0.1, 0.15) is 0 Å². The molecule has 0 aromatic carbocycles. The van der Waals surface area contributed by atoms with Gasteiger partial charge in [0, 0.05) is 11.7 Å². The molecular weight excluding hydrogens is 195 g/mol. The van der Waals surface area contributed by atoms with E-state index in [1.807, 2.05) is 0 Å². The third-order valence-electron chi connectivity index (χ3n) is 0.708. The molecule has 0 aliphatic carbocycles. The first-order valence-electron chi connectivity index (χ1n) is 2.54. The maximum Gasteiger partial charge on any atom is 1.00 e. The molecule has 0 rings (SSSR count). The molecule has 0 saturated carbocycles. The van der Waals surface area contributed by atoms with Crippen molar-refractivity contribution in [1.29, 1.82) is 0 Å². The Balaban J connectivity index is 0. The first-order valence-corrected chi connectivity index (χ1v) is 4.49. The van der Waals surface area contributed by atoms with Crippen molar-refractivity contribution < 1.29 is 52.6 Å². The van der Waals surface area contributed by atoms with Crippen molar-refractivity contribution in [1.82, 2.24) is 0 Å². The van der Waals surface area contributed by atoms with E-state index in [4.69, 9.17) is 0 Å². The summed E-state index contributed by atoms with van der Waals surface area (Å²) >= 11 is 0. The van der Waals surface area contributed by atoms with Crippen LogP contribution in [0.3, 0.4) is 0 Å². The zero-order valence-corrected chi connectivity index (χ0v) is 9.84. The molecule has 0 saturated heterocycles. The molecule has 0 aromatic heterocycles. The van der Waals surface area contributed by atoms with Gasteiger partial charge < -0.3 is 9.84 Å². The molecule has 0 aliphatic rings. The molecule has 0 spiro atoms. The number of methoxy groups -OCH3 is 1. The van der Waals surface area contributed by atoms with Crippen LogP contribution in [-0.2, 0) is 19.4 Å². The van der Waals surface area contributed by atoms with Gasteiger partial charge in [0.05, 0.1) is 7.11 Å². The van der Waals surface area contributed by atoms with E-state index in [9.17, 15) is 18.3 Å². The molecule has 0 aliphatic heterocycles. The molecule has 7 heteroatoms. The fourth-order valence-electron chi connectivity index (χ4n) is 0.343. The molecule has 0 N–H and O–H groups in total. The normalized spacial score (nSPS) is 11.7. The molecular formula is C5H7NaO5S. The van der Waals surface area contributed by atoms with Gasteiger partial charge in [0.2, 0.25) is 0 Å². The molecule has 0 radical (unpaired) electrons. The number of carbonyl (C=O) groups excluding carboxylic acids is 1. The molecule has 5 nitrogen and oxygen atoms in total. The summed E-state index contributed by atoms with van der Waals surface area (Å²) < 4.78 is 24.7. The average Bonchev–Trinajstić information content (AvgIpc) is 1.82. The molecule has 0 heterocycles. The van der Waals surface area contributed by atoms with Crippen LogP contribution in [0.5, 0.6) is 0 Å². The minimum absolute atomic E-state index is 0. The summed E-state index contributed by atoms with van der Waals surface area (Å²) in [6, 6.07) is 0. The molecule has 12 heavy (non-hydrogen) atoms. The largest absolute Gasteiger partial charge is 1.00 e. The Morgan fingerprint density at radius 1 is 1.50 bits per heavy atom. The predicted molar refractivity (Wildman–Crippen MR) is 34.9 cm³/mol. The van der Waals surface area contributed by atoms with E-state index in [2.05, 4.69) is 4.74 Å². The number of sulfone groups is 1. The molecule has 64 valence electrons. The molecule has 0 fully saturated rings. The molecule has 0 atom stereocenters. The van der Waals surface area contributed by atoms with Crippen LogP contribution in [0.4, 0.5) is 0 Å². The van der Waals surface area contributed by atoms with E-state index in [1.165, 1.54) is 0 Å². The van der Waals surface area contributed by atoms with Gasteiger partial charge in [-0.1, -0.05) is 0 Å². The third-order valence-corrected chi connectivity index (χ3v) is 1.35. The Morgan fingerprint density at radius 3 is 2.17 bits per heavy atom. The summed E-state index contributed by atoms with van der Waals surface area (Å²) in [6.45, 7) is 0. The Bertz CT molecular complexity index is 278. The van der Waals surface area contributed by atoms with Crippen LogP contribution in [0.15, 0.2) is 11.2 Å². The summed E-state index contributed by atoms with van der Waals surface area (Å²) in [4.78, 5) is 10.3. The zero-order chi connectivity index (χ0) is 9.07. The molecule has 0 aromatic rings. The van der Waals surface area contributed by atoms with E-state index >= 15 is 0 Å². The summed E-state index contributed by atoms with van der Waals surface area (Å²) in [6.07, 6.45) is 0.813. The van der Waals surface area contributed by atoms with Gasteiger partial charge in [-0.2, -0.15) is 0 Å². The van der Waals surface area contributed by atoms with Crippen LogP contribution in [0.2, 0.25) is 0 Å². The van der Waals surface area contributed by atoms with Gasteiger partial charge in [-0.3, -0.25) is 0 Å². The fourth-order valence-corrected chi connectivity index (χ4v) is 0.828. The standard InChI is InChI=1S/C5H8O5S.Na/c1-10-5(7)4(6)3-11(2,8)9;/h3,6H,1-2H3;/q;+1/p-1. The number of rotatable bonds is 2. The van der Waals surface area contributed by atoms with Crippen LogP contribution in [0, 0.1) is 0 Å². The third kappa shape index (κ3) is 6.66. The first-order chi connectivity index (χ1) is 4.87. The maximum atomic E-state index is 10.5. The summed E-state index contributed by atoms with van der Waals surface area (Å²) in [5.41, 5.74) is 0. The zero-order valence-electron chi connectivity index (χ0n) is 7.03. The topological polar surface area (TPSA) is 83.5 Å². The van der Waals surface area contributed by atoms with Crippen molar-refractivity contribution >= 4 is 15.8 Å². The maximum absolute atomic E-state index is 10.5. The molecule has 0 amide bonds. The van der Waals surface area contributed by atoms with Crippen LogP contribution >= 0.6 is 0 Å². The van der Waals surface area contributed by atoms with Crippen molar-refractivity contribution in [2.45, 2.75) is 0 Å². The second-order valence-corrected chi connectivity index (χ2v) is 3.70. The molecule has 0 unspecified atom stereocenters. The Hall–Kier alpha value is -0.0400. The van der Waals surface area contributed by atoms with E-state index in [-0.39, 0.29) is 29.6 Å². The van der Waals surface area contributed by atoms with Crippen molar-refractivity contribution in [2.24, 2.45) is 0 Å². The van der Waals surface area contributed by atoms with Gasteiger partial charge in [0.25, 0.3) is 0 Å². The van der Waals surface area contributed by atoms with Crippen LogP contribution < -0.4 is 34.7 Å². The van der Waals surface area contributed by atoms with Crippen LogP contribution in [0.1, 0.15) is 0 Å².